The number of rotatable bonds is 7. The molecule has 1 N–H and O–H groups in total. The molecule has 0 unspecified atom stereocenters. The topological polar surface area (TPSA) is 73.9 Å². The Morgan fingerprint density at radius 2 is 1.52 bits per heavy atom. The molecule has 0 saturated heterocycles. The van der Waals surface area contributed by atoms with Crippen LogP contribution in [0.5, 0.6) is 17.2 Å². The van der Waals surface area contributed by atoms with Crippen LogP contribution < -0.4 is 18.9 Å². The van der Waals surface area contributed by atoms with Crippen molar-refractivity contribution in [2.75, 3.05) is 21.3 Å². The summed E-state index contributed by atoms with van der Waals surface area (Å²) in [5, 5.41) is 0. The third-order valence-electron chi connectivity index (χ3n) is 3.65. The van der Waals surface area contributed by atoms with Gasteiger partial charge in [0.2, 0.25) is 10.0 Å². The Morgan fingerprint density at radius 1 is 0.920 bits per heavy atom. The van der Waals surface area contributed by atoms with Gasteiger partial charge in [-0.1, -0.05) is 6.07 Å². The number of methoxy groups -OCH3 is 3. The maximum atomic E-state index is 13.5. The summed E-state index contributed by atoms with van der Waals surface area (Å²) in [6.45, 7) is 1.67. The average Bonchev–Trinajstić information content (AvgIpc) is 2.60. The van der Waals surface area contributed by atoms with Crippen molar-refractivity contribution in [3.05, 3.63) is 47.8 Å². The second-order valence-corrected chi connectivity index (χ2v) is 6.93. The number of hydrogen-bond donors (Lipinski definition) is 1. The van der Waals surface area contributed by atoms with Crippen LogP contribution in [0.25, 0.3) is 0 Å². The number of hydrogen-bond acceptors (Lipinski definition) is 5. The predicted octanol–water partition coefficient (Wildman–Crippen LogP) is 2.89. The van der Waals surface area contributed by atoms with E-state index in [0.717, 1.165) is 12.1 Å². The Balaban J connectivity index is 2.33. The highest BCUT2D eigenvalue weighted by atomic mass is 32.2. The first-order valence-corrected chi connectivity index (χ1v) is 8.88. The Morgan fingerprint density at radius 3 is 2.12 bits per heavy atom. The van der Waals surface area contributed by atoms with Crippen LogP contribution in [0.15, 0.2) is 41.3 Å². The molecule has 2 rings (SSSR count). The molecular formula is C17H20FNO5S. The summed E-state index contributed by atoms with van der Waals surface area (Å²) in [6.07, 6.45) is 0. The van der Waals surface area contributed by atoms with Crippen molar-refractivity contribution in [2.45, 2.75) is 17.9 Å². The van der Waals surface area contributed by atoms with Crippen molar-refractivity contribution in [1.29, 1.82) is 0 Å². The van der Waals surface area contributed by atoms with Gasteiger partial charge in [-0.05, 0) is 42.8 Å². The van der Waals surface area contributed by atoms with Gasteiger partial charge in [-0.15, -0.1) is 0 Å². The van der Waals surface area contributed by atoms with E-state index in [1.165, 1.54) is 27.4 Å². The highest BCUT2D eigenvalue weighted by Gasteiger charge is 2.23. The Hall–Kier alpha value is -2.32. The molecule has 0 aliphatic carbocycles. The van der Waals surface area contributed by atoms with Crippen molar-refractivity contribution in [3.63, 3.8) is 0 Å². The van der Waals surface area contributed by atoms with Gasteiger partial charge in [-0.3, -0.25) is 0 Å². The highest BCUT2D eigenvalue weighted by molar-refractivity contribution is 7.89. The number of halogens is 1. The number of nitrogens with one attached hydrogen (secondary N) is 1. The second kappa shape index (κ2) is 7.71. The highest BCUT2D eigenvalue weighted by Crippen LogP contribution is 2.31. The number of benzene rings is 2. The van der Waals surface area contributed by atoms with Crippen molar-refractivity contribution in [2.24, 2.45) is 0 Å². The lowest BCUT2D eigenvalue weighted by molar-refractivity contribution is 0.354. The fourth-order valence-corrected chi connectivity index (χ4v) is 3.76. The van der Waals surface area contributed by atoms with Crippen molar-refractivity contribution in [1.82, 2.24) is 4.72 Å². The van der Waals surface area contributed by atoms with Crippen LogP contribution in [0.4, 0.5) is 4.39 Å². The number of ether oxygens (including phenoxy) is 3. The van der Waals surface area contributed by atoms with Crippen LogP contribution in [0, 0.1) is 5.82 Å². The van der Waals surface area contributed by atoms with Gasteiger partial charge in [0.25, 0.3) is 0 Å². The van der Waals surface area contributed by atoms with Gasteiger partial charge in [0, 0.05) is 6.04 Å². The fraction of sp³-hybridized carbons (Fsp3) is 0.294. The monoisotopic (exact) mass is 369 g/mol. The molecule has 0 heterocycles. The molecule has 136 valence electrons. The van der Waals surface area contributed by atoms with Gasteiger partial charge >= 0.3 is 0 Å². The normalized spacial score (nSPS) is 12.5. The molecule has 0 spiro atoms. The Bertz CT molecular complexity index is 854. The molecule has 0 fully saturated rings. The molecule has 2 aromatic carbocycles. The summed E-state index contributed by atoms with van der Waals surface area (Å²) in [6, 6.07) is 7.81. The zero-order valence-electron chi connectivity index (χ0n) is 14.4. The van der Waals surface area contributed by atoms with Crippen molar-refractivity contribution >= 4 is 10.0 Å². The van der Waals surface area contributed by atoms with E-state index < -0.39 is 21.9 Å². The summed E-state index contributed by atoms with van der Waals surface area (Å²) in [5.41, 5.74) is 0.664. The quantitative estimate of drug-likeness (QED) is 0.812. The largest absolute Gasteiger partial charge is 0.495 e. The summed E-state index contributed by atoms with van der Waals surface area (Å²) in [4.78, 5) is -0.262. The number of sulfonamides is 1. The van der Waals surface area contributed by atoms with Gasteiger partial charge in [0.05, 0.1) is 21.3 Å². The van der Waals surface area contributed by atoms with Crippen LogP contribution in [0.2, 0.25) is 0 Å². The van der Waals surface area contributed by atoms with E-state index in [9.17, 15) is 12.8 Å². The minimum Gasteiger partial charge on any atom is -0.495 e. The molecule has 0 saturated carbocycles. The van der Waals surface area contributed by atoms with E-state index in [4.69, 9.17) is 14.2 Å². The van der Waals surface area contributed by atoms with E-state index in [1.807, 2.05) is 0 Å². The van der Waals surface area contributed by atoms with E-state index in [-0.39, 0.29) is 10.6 Å². The third-order valence-corrected chi connectivity index (χ3v) is 5.22. The second-order valence-electron chi connectivity index (χ2n) is 5.25. The van der Waals surface area contributed by atoms with Gasteiger partial charge in [0.1, 0.15) is 16.5 Å². The van der Waals surface area contributed by atoms with Gasteiger partial charge in [0.15, 0.2) is 11.5 Å². The molecule has 0 bridgehead atoms. The van der Waals surface area contributed by atoms with E-state index >= 15 is 0 Å². The third kappa shape index (κ3) is 4.21. The maximum absolute atomic E-state index is 13.5. The molecule has 1 atom stereocenters. The van der Waals surface area contributed by atoms with Crippen LogP contribution in [-0.4, -0.2) is 29.7 Å². The average molecular weight is 369 g/mol. The molecule has 0 aromatic heterocycles. The molecule has 0 aliphatic heterocycles. The van der Waals surface area contributed by atoms with E-state index in [0.29, 0.717) is 17.1 Å². The van der Waals surface area contributed by atoms with Crippen molar-refractivity contribution < 1.29 is 27.0 Å². The summed E-state index contributed by atoms with van der Waals surface area (Å²) >= 11 is 0. The minimum absolute atomic E-state index is 0.0633. The molecule has 0 amide bonds. The van der Waals surface area contributed by atoms with Crippen LogP contribution >= 0.6 is 0 Å². The smallest absolute Gasteiger partial charge is 0.244 e. The predicted molar refractivity (Wildman–Crippen MR) is 91.2 cm³/mol. The molecular weight excluding hydrogens is 349 g/mol. The molecule has 0 aliphatic rings. The van der Waals surface area contributed by atoms with Gasteiger partial charge < -0.3 is 14.2 Å². The van der Waals surface area contributed by atoms with Gasteiger partial charge in [-0.2, -0.15) is 0 Å². The maximum Gasteiger partial charge on any atom is 0.244 e. The molecule has 2 aromatic rings. The van der Waals surface area contributed by atoms with Crippen LogP contribution in [0.1, 0.15) is 18.5 Å². The summed E-state index contributed by atoms with van der Waals surface area (Å²) < 4.78 is 56.6. The minimum atomic E-state index is -4.00. The lowest BCUT2D eigenvalue weighted by atomic mass is 10.1. The van der Waals surface area contributed by atoms with Crippen LogP contribution in [0.3, 0.4) is 0 Å². The van der Waals surface area contributed by atoms with Crippen molar-refractivity contribution in [3.8, 4) is 17.2 Å². The molecule has 0 radical (unpaired) electrons. The summed E-state index contributed by atoms with van der Waals surface area (Å²) in [7, 11) is 0.336. The molecule has 25 heavy (non-hydrogen) atoms. The lowest BCUT2D eigenvalue weighted by Crippen LogP contribution is -2.27. The fourth-order valence-electron chi connectivity index (χ4n) is 2.35. The first-order valence-electron chi connectivity index (χ1n) is 7.40. The van der Waals surface area contributed by atoms with Gasteiger partial charge in [-0.25, -0.2) is 17.5 Å². The molecule has 8 heteroatoms. The van der Waals surface area contributed by atoms with E-state index in [1.54, 1.807) is 25.1 Å². The summed E-state index contributed by atoms with van der Waals surface area (Å²) in [5.74, 6) is 0.413. The zero-order valence-corrected chi connectivity index (χ0v) is 15.2. The zero-order chi connectivity index (χ0) is 18.6. The van der Waals surface area contributed by atoms with Crippen LogP contribution in [-0.2, 0) is 10.0 Å². The Kier molecular flexibility index (Phi) is 5.86. The first kappa shape index (κ1) is 19.0. The first-order chi connectivity index (χ1) is 11.8. The Labute approximate surface area is 146 Å². The lowest BCUT2D eigenvalue weighted by Gasteiger charge is -2.17. The van der Waals surface area contributed by atoms with E-state index in [2.05, 4.69) is 4.72 Å². The molecule has 6 nitrogen and oxygen atoms in total. The standard InChI is InChI=1S/C17H20FNO5S/c1-11(12-5-7-14(22-2)16(9-12)24-4)19-25(20,21)17-10-13(18)6-8-15(17)23-3/h5-11,19H,1-4H3/t11-/m0/s1. The SMILES string of the molecule is COc1ccc([C@H](C)NS(=O)(=O)c2cc(F)ccc2OC)cc1OC.